The highest BCUT2D eigenvalue weighted by molar-refractivity contribution is 5.40. The van der Waals surface area contributed by atoms with Crippen molar-refractivity contribution in [3.8, 4) is 0 Å². The molecule has 2 rings (SSSR count). The van der Waals surface area contributed by atoms with Crippen LogP contribution in [0.15, 0.2) is 18.3 Å². The number of aromatic nitrogens is 3. The van der Waals surface area contributed by atoms with E-state index in [1.165, 1.54) is 5.56 Å². The van der Waals surface area contributed by atoms with Crippen LogP contribution >= 0.6 is 0 Å². The van der Waals surface area contributed by atoms with Crippen molar-refractivity contribution < 1.29 is 0 Å². The first-order chi connectivity index (χ1) is 7.46. The number of hydrogen-bond donors (Lipinski definition) is 1. The van der Waals surface area contributed by atoms with Crippen molar-refractivity contribution in [3.05, 3.63) is 29.7 Å². The number of nitrogens with two attached hydrogens (primary N) is 1. The first-order valence-electron chi connectivity index (χ1n) is 5.55. The summed E-state index contributed by atoms with van der Waals surface area (Å²) in [7, 11) is 0. The molecule has 86 valence electrons. The number of fused-ring (bicyclic) bond motifs is 1. The smallest absolute Gasteiger partial charge is 0.161 e. The van der Waals surface area contributed by atoms with Gasteiger partial charge in [-0.15, -0.1) is 10.2 Å². The molecule has 2 aromatic rings. The second kappa shape index (κ2) is 3.87. The van der Waals surface area contributed by atoms with Crippen molar-refractivity contribution in [2.75, 3.05) is 0 Å². The van der Waals surface area contributed by atoms with Crippen molar-refractivity contribution in [3.63, 3.8) is 0 Å². The molecule has 0 fully saturated rings. The van der Waals surface area contributed by atoms with E-state index in [0.29, 0.717) is 0 Å². The van der Waals surface area contributed by atoms with Crippen molar-refractivity contribution in [2.45, 2.75) is 39.2 Å². The lowest BCUT2D eigenvalue weighted by atomic mass is 10.00. The summed E-state index contributed by atoms with van der Waals surface area (Å²) in [6.45, 7) is 6.11. The van der Waals surface area contributed by atoms with Crippen LogP contribution < -0.4 is 5.73 Å². The van der Waals surface area contributed by atoms with Gasteiger partial charge < -0.3 is 5.73 Å². The Morgan fingerprint density at radius 1 is 1.38 bits per heavy atom. The van der Waals surface area contributed by atoms with Crippen LogP contribution in [0.3, 0.4) is 0 Å². The summed E-state index contributed by atoms with van der Waals surface area (Å²) in [5.74, 6) is 0.980. The Labute approximate surface area is 95.5 Å². The molecule has 0 amide bonds. The Hall–Kier alpha value is -1.42. The van der Waals surface area contributed by atoms with Gasteiger partial charge in [-0.3, -0.25) is 4.40 Å². The molecule has 2 aromatic heterocycles. The normalized spacial score (nSPS) is 12.2. The number of nitrogens with zero attached hydrogens (tertiary/aromatic N) is 3. The summed E-state index contributed by atoms with van der Waals surface area (Å²) in [5, 5.41) is 8.35. The SMILES string of the molecule is Cc1ccn2c(CCC(C)(C)N)nnc2c1. The molecular weight excluding hydrogens is 200 g/mol. The summed E-state index contributed by atoms with van der Waals surface area (Å²) in [6, 6.07) is 4.09. The van der Waals surface area contributed by atoms with Crippen LogP contribution in [0.2, 0.25) is 0 Å². The summed E-state index contributed by atoms with van der Waals surface area (Å²) in [4.78, 5) is 0. The van der Waals surface area contributed by atoms with Gasteiger partial charge in [0.15, 0.2) is 5.65 Å². The van der Waals surface area contributed by atoms with Gasteiger partial charge in [0.25, 0.3) is 0 Å². The van der Waals surface area contributed by atoms with Crippen molar-refractivity contribution in [1.29, 1.82) is 0 Å². The van der Waals surface area contributed by atoms with Crippen LogP contribution in [0.25, 0.3) is 5.65 Å². The highest BCUT2D eigenvalue weighted by Gasteiger charge is 2.13. The number of pyridine rings is 1. The average molecular weight is 218 g/mol. The monoisotopic (exact) mass is 218 g/mol. The Bertz CT molecular complexity index is 493. The molecular formula is C12H18N4. The summed E-state index contributed by atoms with van der Waals surface area (Å²) in [6.07, 6.45) is 3.78. The minimum absolute atomic E-state index is 0.156. The van der Waals surface area contributed by atoms with Gasteiger partial charge in [-0.2, -0.15) is 0 Å². The molecule has 0 aromatic carbocycles. The molecule has 0 unspecified atom stereocenters. The standard InChI is InChI=1S/C12H18N4/c1-9-5-7-16-10(4-6-12(2,3)13)14-15-11(16)8-9/h5,7-8H,4,6,13H2,1-3H3. The number of aryl methyl sites for hydroxylation is 2. The summed E-state index contributed by atoms with van der Waals surface area (Å²) in [5.41, 5.74) is 7.91. The van der Waals surface area contributed by atoms with E-state index in [1.807, 2.05) is 30.5 Å². The average Bonchev–Trinajstić information content (AvgIpc) is 2.56. The minimum atomic E-state index is -0.156. The topological polar surface area (TPSA) is 56.2 Å². The maximum absolute atomic E-state index is 5.96. The molecule has 4 nitrogen and oxygen atoms in total. The van der Waals surface area contributed by atoms with Gasteiger partial charge in [-0.25, -0.2) is 0 Å². The molecule has 0 radical (unpaired) electrons. The van der Waals surface area contributed by atoms with Crippen molar-refractivity contribution in [1.82, 2.24) is 14.6 Å². The highest BCUT2D eigenvalue weighted by Crippen LogP contribution is 2.11. The molecule has 0 aliphatic rings. The zero-order chi connectivity index (χ0) is 11.8. The molecule has 16 heavy (non-hydrogen) atoms. The molecule has 0 atom stereocenters. The Morgan fingerprint density at radius 3 is 2.81 bits per heavy atom. The molecule has 4 heteroatoms. The van der Waals surface area contributed by atoms with E-state index in [4.69, 9.17) is 5.73 Å². The van der Waals surface area contributed by atoms with Gasteiger partial charge in [0.2, 0.25) is 0 Å². The molecule has 0 bridgehead atoms. The lowest BCUT2D eigenvalue weighted by Gasteiger charge is -2.17. The Morgan fingerprint density at radius 2 is 2.12 bits per heavy atom. The first kappa shape index (κ1) is 11.1. The molecule has 0 aliphatic carbocycles. The zero-order valence-electron chi connectivity index (χ0n) is 10.1. The lowest BCUT2D eigenvalue weighted by Crippen LogP contribution is -2.32. The molecule has 0 saturated carbocycles. The second-order valence-electron chi connectivity index (χ2n) is 5.04. The molecule has 0 aliphatic heterocycles. The Balaban J connectivity index is 2.25. The van der Waals surface area contributed by atoms with E-state index in [0.717, 1.165) is 24.3 Å². The van der Waals surface area contributed by atoms with Gasteiger partial charge in [-0.05, 0) is 44.9 Å². The first-order valence-corrected chi connectivity index (χ1v) is 5.55. The molecule has 0 spiro atoms. The van der Waals surface area contributed by atoms with Crippen LogP contribution in [0.5, 0.6) is 0 Å². The van der Waals surface area contributed by atoms with Gasteiger partial charge >= 0.3 is 0 Å². The highest BCUT2D eigenvalue weighted by atomic mass is 15.2. The predicted octanol–water partition coefficient (Wildman–Crippen LogP) is 1.71. The third kappa shape index (κ3) is 2.39. The molecule has 2 N–H and O–H groups in total. The van der Waals surface area contributed by atoms with Crippen LogP contribution in [-0.4, -0.2) is 20.1 Å². The van der Waals surface area contributed by atoms with E-state index in [9.17, 15) is 0 Å². The maximum Gasteiger partial charge on any atom is 0.161 e. The largest absolute Gasteiger partial charge is 0.326 e. The van der Waals surface area contributed by atoms with Gasteiger partial charge in [-0.1, -0.05) is 0 Å². The Kier molecular flexibility index (Phi) is 2.68. The zero-order valence-corrected chi connectivity index (χ0v) is 10.1. The maximum atomic E-state index is 5.96. The van der Waals surface area contributed by atoms with E-state index in [1.54, 1.807) is 0 Å². The fourth-order valence-corrected chi connectivity index (χ4v) is 1.65. The minimum Gasteiger partial charge on any atom is -0.326 e. The fourth-order valence-electron chi connectivity index (χ4n) is 1.65. The second-order valence-corrected chi connectivity index (χ2v) is 5.04. The quantitative estimate of drug-likeness (QED) is 0.853. The molecule has 0 saturated heterocycles. The number of hydrogen-bond acceptors (Lipinski definition) is 3. The van der Waals surface area contributed by atoms with Crippen LogP contribution in [0.4, 0.5) is 0 Å². The van der Waals surface area contributed by atoms with Gasteiger partial charge in [0.1, 0.15) is 5.82 Å². The lowest BCUT2D eigenvalue weighted by molar-refractivity contribution is 0.470. The van der Waals surface area contributed by atoms with E-state index in [2.05, 4.69) is 23.2 Å². The third-order valence-corrected chi connectivity index (χ3v) is 2.63. The van der Waals surface area contributed by atoms with Gasteiger partial charge in [0.05, 0.1) is 0 Å². The summed E-state index contributed by atoms with van der Waals surface area (Å²) >= 11 is 0. The van der Waals surface area contributed by atoms with Crippen LogP contribution in [0.1, 0.15) is 31.7 Å². The van der Waals surface area contributed by atoms with E-state index < -0.39 is 0 Å². The van der Waals surface area contributed by atoms with Gasteiger partial charge in [0, 0.05) is 18.2 Å². The fraction of sp³-hybridized carbons (Fsp3) is 0.500. The van der Waals surface area contributed by atoms with Crippen LogP contribution in [-0.2, 0) is 6.42 Å². The number of rotatable bonds is 3. The van der Waals surface area contributed by atoms with Crippen LogP contribution in [0, 0.1) is 6.92 Å². The molecule has 2 heterocycles. The third-order valence-electron chi connectivity index (χ3n) is 2.63. The summed E-state index contributed by atoms with van der Waals surface area (Å²) < 4.78 is 2.03. The predicted molar refractivity (Wildman–Crippen MR) is 64.3 cm³/mol. The van der Waals surface area contributed by atoms with Crippen molar-refractivity contribution in [2.24, 2.45) is 5.73 Å². The van der Waals surface area contributed by atoms with Crippen molar-refractivity contribution >= 4 is 5.65 Å². The van der Waals surface area contributed by atoms with E-state index >= 15 is 0 Å². The van der Waals surface area contributed by atoms with E-state index in [-0.39, 0.29) is 5.54 Å².